The molecule has 0 amide bonds. The molecule has 2 heteroatoms. The van der Waals surface area contributed by atoms with Crippen LogP contribution in [0.15, 0.2) is 24.3 Å². The lowest BCUT2D eigenvalue weighted by Gasteiger charge is -2.15. The first-order valence-corrected chi connectivity index (χ1v) is 6.72. The van der Waals surface area contributed by atoms with Gasteiger partial charge in [-0.2, -0.15) is 0 Å². The predicted molar refractivity (Wildman–Crippen MR) is 71.5 cm³/mol. The van der Waals surface area contributed by atoms with Crippen LogP contribution >= 0.6 is 0 Å². The minimum absolute atomic E-state index is 0.710. The Balaban J connectivity index is 1.81. The number of hydrogen-bond donors (Lipinski definition) is 1. The standard InChI is InChI=1S/C15H23NO/c1-3-17-14-9-4-12(5-10-14)6-11-15(16-2)13-7-8-13/h4-5,9-10,13,15-16H,3,6-8,11H2,1-2H3. The highest BCUT2D eigenvalue weighted by atomic mass is 16.5. The fourth-order valence-corrected chi connectivity index (χ4v) is 2.36. The summed E-state index contributed by atoms with van der Waals surface area (Å²) in [5, 5.41) is 3.44. The van der Waals surface area contributed by atoms with Crippen molar-refractivity contribution in [3.05, 3.63) is 29.8 Å². The zero-order chi connectivity index (χ0) is 12.1. The van der Waals surface area contributed by atoms with E-state index in [0.717, 1.165) is 24.7 Å². The molecule has 0 saturated heterocycles. The highest BCUT2D eigenvalue weighted by Crippen LogP contribution is 2.34. The molecule has 0 aromatic heterocycles. The van der Waals surface area contributed by atoms with Crippen molar-refractivity contribution in [2.75, 3.05) is 13.7 Å². The Bertz CT molecular complexity index is 329. The van der Waals surface area contributed by atoms with Gasteiger partial charge in [-0.3, -0.25) is 0 Å². The van der Waals surface area contributed by atoms with Gasteiger partial charge in [0.05, 0.1) is 6.61 Å². The molecule has 0 bridgehead atoms. The van der Waals surface area contributed by atoms with Crippen molar-refractivity contribution >= 4 is 0 Å². The number of nitrogens with one attached hydrogen (secondary N) is 1. The molecule has 1 saturated carbocycles. The lowest BCUT2D eigenvalue weighted by Crippen LogP contribution is -2.27. The number of rotatable bonds is 7. The maximum Gasteiger partial charge on any atom is 0.119 e. The summed E-state index contributed by atoms with van der Waals surface area (Å²) in [4.78, 5) is 0. The molecule has 0 aliphatic heterocycles. The smallest absolute Gasteiger partial charge is 0.119 e. The molecule has 1 unspecified atom stereocenters. The third-order valence-corrected chi connectivity index (χ3v) is 3.54. The van der Waals surface area contributed by atoms with E-state index >= 15 is 0 Å². The molecule has 1 aromatic rings. The average molecular weight is 233 g/mol. The molecule has 0 heterocycles. The normalized spacial score (nSPS) is 16.8. The second-order valence-corrected chi connectivity index (χ2v) is 4.85. The Labute approximate surface area is 104 Å². The van der Waals surface area contributed by atoms with Gasteiger partial charge in [0, 0.05) is 6.04 Å². The van der Waals surface area contributed by atoms with Crippen LogP contribution in [0.3, 0.4) is 0 Å². The number of ether oxygens (including phenoxy) is 1. The van der Waals surface area contributed by atoms with Crippen molar-refractivity contribution < 1.29 is 4.74 Å². The summed E-state index contributed by atoms with van der Waals surface area (Å²) in [6.07, 6.45) is 5.23. The van der Waals surface area contributed by atoms with Gasteiger partial charge in [-0.25, -0.2) is 0 Å². The van der Waals surface area contributed by atoms with E-state index in [1.54, 1.807) is 0 Å². The molecule has 1 aliphatic carbocycles. The Morgan fingerprint density at radius 3 is 2.53 bits per heavy atom. The highest BCUT2D eigenvalue weighted by Gasteiger charge is 2.29. The van der Waals surface area contributed by atoms with E-state index in [-0.39, 0.29) is 0 Å². The van der Waals surface area contributed by atoms with Gasteiger partial charge in [0.1, 0.15) is 5.75 Å². The summed E-state index contributed by atoms with van der Waals surface area (Å²) < 4.78 is 5.44. The second kappa shape index (κ2) is 6.06. The van der Waals surface area contributed by atoms with Crippen LogP contribution in [0, 0.1) is 5.92 Å². The molecule has 1 N–H and O–H groups in total. The molecule has 17 heavy (non-hydrogen) atoms. The van der Waals surface area contributed by atoms with Gasteiger partial charge in [0.25, 0.3) is 0 Å². The maximum atomic E-state index is 5.44. The van der Waals surface area contributed by atoms with Crippen molar-refractivity contribution in [1.82, 2.24) is 5.32 Å². The van der Waals surface area contributed by atoms with Gasteiger partial charge in [0.15, 0.2) is 0 Å². The molecule has 1 aliphatic rings. The summed E-state index contributed by atoms with van der Waals surface area (Å²) >= 11 is 0. The molecule has 2 nitrogen and oxygen atoms in total. The second-order valence-electron chi connectivity index (χ2n) is 4.85. The molecule has 0 radical (unpaired) electrons. The van der Waals surface area contributed by atoms with Crippen LogP contribution in [0.5, 0.6) is 5.75 Å². The first-order valence-electron chi connectivity index (χ1n) is 6.72. The summed E-state index contributed by atoms with van der Waals surface area (Å²) in [5.41, 5.74) is 1.41. The Kier molecular flexibility index (Phi) is 4.43. The SMILES string of the molecule is CCOc1ccc(CCC(NC)C2CC2)cc1. The molecule has 0 spiro atoms. The van der Waals surface area contributed by atoms with Gasteiger partial charge in [0.2, 0.25) is 0 Å². The fourth-order valence-electron chi connectivity index (χ4n) is 2.36. The van der Waals surface area contributed by atoms with Crippen molar-refractivity contribution in [3.8, 4) is 5.75 Å². The summed E-state index contributed by atoms with van der Waals surface area (Å²) in [5.74, 6) is 1.91. The van der Waals surface area contributed by atoms with Crippen LogP contribution in [0.1, 0.15) is 31.7 Å². The fraction of sp³-hybridized carbons (Fsp3) is 0.600. The van der Waals surface area contributed by atoms with Crippen molar-refractivity contribution in [3.63, 3.8) is 0 Å². The Morgan fingerprint density at radius 1 is 1.29 bits per heavy atom. The van der Waals surface area contributed by atoms with E-state index in [9.17, 15) is 0 Å². The summed E-state index contributed by atoms with van der Waals surface area (Å²) in [6, 6.07) is 9.23. The van der Waals surface area contributed by atoms with Crippen LogP contribution in [0.4, 0.5) is 0 Å². The topological polar surface area (TPSA) is 21.3 Å². The van der Waals surface area contributed by atoms with Crippen LogP contribution in [-0.4, -0.2) is 19.7 Å². The molecular weight excluding hydrogens is 210 g/mol. The molecule has 1 fully saturated rings. The van der Waals surface area contributed by atoms with E-state index in [1.807, 2.05) is 6.92 Å². The van der Waals surface area contributed by atoms with E-state index in [2.05, 4.69) is 36.6 Å². The summed E-state index contributed by atoms with van der Waals surface area (Å²) in [6.45, 7) is 2.75. The number of aryl methyl sites for hydroxylation is 1. The highest BCUT2D eigenvalue weighted by molar-refractivity contribution is 5.27. The lowest BCUT2D eigenvalue weighted by molar-refractivity contribution is 0.340. The van der Waals surface area contributed by atoms with Gasteiger partial charge >= 0.3 is 0 Å². The van der Waals surface area contributed by atoms with Crippen LogP contribution < -0.4 is 10.1 Å². The van der Waals surface area contributed by atoms with Gasteiger partial charge < -0.3 is 10.1 Å². The zero-order valence-electron chi connectivity index (χ0n) is 10.9. The molecule has 1 aromatic carbocycles. The minimum Gasteiger partial charge on any atom is -0.494 e. The average Bonchev–Trinajstić information content (AvgIpc) is 3.17. The van der Waals surface area contributed by atoms with Crippen molar-refractivity contribution in [1.29, 1.82) is 0 Å². The quantitative estimate of drug-likeness (QED) is 0.781. The minimum atomic E-state index is 0.710. The van der Waals surface area contributed by atoms with Crippen molar-refractivity contribution in [2.45, 2.75) is 38.6 Å². The van der Waals surface area contributed by atoms with Crippen LogP contribution in [0.2, 0.25) is 0 Å². The monoisotopic (exact) mass is 233 g/mol. The Morgan fingerprint density at radius 2 is 2.00 bits per heavy atom. The predicted octanol–water partition coefficient (Wildman–Crippen LogP) is 3.02. The van der Waals surface area contributed by atoms with Crippen LogP contribution in [0.25, 0.3) is 0 Å². The third-order valence-electron chi connectivity index (χ3n) is 3.54. The van der Waals surface area contributed by atoms with E-state index in [4.69, 9.17) is 4.74 Å². The number of benzene rings is 1. The summed E-state index contributed by atoms with van der Waals surface area (Å²) in [7, 11) is 2.08. The first-order chi connectivity index (χ1) is 8.33. The lowest BCUT2D eigenvalue weighted by atomic mass is 10.0. The van der Waals surface area contributed by atoms with Crippen LogP contribution in [-0.2, 0) is 6.42 Å². The number of hydrogen-bond acceptors (Lipinski definition) is 2. The maximum absolute atomic E-state index is 5.44. The molecule has 94 valence electrons. The van der Waals surface area contributed by atoms with Gasteiger partial charge in [-0.05, 0) is 63.3 Å². The van der Waals surface area contributed by atoms with E-state index < -0.39 is 0 Å². The Hall–Kier alpha value is -1.02. The van der Waals surface area contributed by atoms with Gasteiger partial charge in [-0.15, -0.1) is 0 Å². The zero-order valence-corrected chi connectivity index (χ0v) is 10.9. The molecular formula is C15H23NO. The molecule has 2 rings (SSSR count). The first kappa shape index (κ1) is 12.4. The largest absolute Gasteiger partial charge is 0.494 e. The molecule has 1 atom stereocenters. The third kappa shape index (κ3) is 3.74. The van der Waals surface area contributed by atoms with E-state index in [1.165, 1.54) is 24.8 Å². The van der Waals surface area contributed by atoms with Crippen molar-refractivity contribution in [2.24, 2.45) is 5.92 Å². The van der Waals surface area contributed by atoms with Gasteiger partial charge in [-0.1, -0.05) is 12.1 Å². The van der Waals surface area contributed by atoms with E-state index in [0.29, 0.717) is 6.04 Å².